The van der Waals surface area contributed by atoms with Crippen molar-refractivity contribution in [2.75, 3.05) is 0 Å². The minimum atomic E-state index is -1.38. The number of benzene rings is 1. The molecule has 3 nitrogen and oxygen atoms in total. The topological polar surface area (TPSA) is 54.4 Å². The van der Waals surface area contributed by atoms with Gasteiger partial charge in [0.2, 0.25) is 0 Å². The third-order valence-corrected chi connectivity index (χ3v) is 5.45. The van der Waals surface area contributed by atoms with E-state index in [-0.39, 0.29) is 11.0 Å². The molecule has 1 N–H and O–H groups in total. The van der Waals surface area contributed by atoms with Gasteiger partial charge in [0.1, 0.15) is 11.7 Å². The Morgan fingerprint density at radius 1 is 1.15 bits per heavy atom. The van der Waals surface area contributed by atoms with Gasteiger partial charge in [0.15, 0.2) is 0 Å². The Balaban J connectivity index is 2.97. The van der Waals surface area contributed by atoms with Crippen LogP contribution in [0.3, 0.4) is 0 Å². The van der Waals surface area contributed by atoms with E-state index in [9.17, 15) is 14.7 Å². The Hall–Kier alpha value is -1.90. The summed E-state index contributed by atoms with van der Waals surface area (Å²) in [7, 11) is 0. The van der Waals surface area contributed by atoms with Gasteiger partial charge < -0.3 is 5.11 Å². The molecule has 0 aliphatic heterocycles. The molecule has 1 aliphatic rings. The second-order valence-electron chi connectivity index (χ2n) is 6.49. The van der Waals surface area contributed by atoms with Gasteiger partial charge in [0.05, 0.1) is 0 Å². The van der Waals surface area contributed by atoms with Crippen molar-refractivity contribution in [3.05, 3.63) is 47.5 Å². The molecule has 0 heterocycles. The molecule has 1 aromatic rings. The molecule has 0 saturated heterocycles. The van der Waals surface area contributed by atoms with Gasteiger partial charge in [0, 0.05) is 5.57 Å². The van der Waals surface area contributed by atoms with Crippen molar-refractivity contribution in [3.63, 3.8) is 0 Å². The van der Waals surface area contributed by atoms with Gasteiger partial charge in [-0.15, -0.1) is 0 Å². The standard InChI is InChI=1S/C17H20O3/c1-11(10-18)17(14(19)20)13-9-7-6-8-12(13)15(2,3)16(17,4)5/h6-10H,1H2,2-5H3,(H,19,20). The summed E-state index contributed by atoms with van der Waals surface area (Å²) in [5.41, 5.74) is -0.681. The van der Waals surface area contributed by atoms with Gasteiger partial charge in [0.25, 0.3) is 0 Å². The fraction of sp³-hybridized carbons (Fsp3) is 0.412. The van der Waals surface area contributed by atoms with Crippen LogP contribution in [0.25, 0.3) is 0 Å². The maximum atomic E-state index is 12.2. The van der Waals surface area contributed by atoms with E-state index >= 15 is 0 Å². The first-order valence-corrected chi connectivity index (χ1v) is 6.63. The normalized spacial score (nSPS) is 25.8. The zero-order chi connectivity index (χ0) is 15.3. The third kappa shape index (κ3) is 1.30. The Kier molecular flexibility index (Phi) is 2.93. The lowest BCUT2D eigenvalue weighted by Gasteiger charge is -2.45. The van der Waals surface area contributed by atoms with Gasteiger partial charge >= 0.3 is 5.97 Å². The van der Waals surface area contributed by atoms with Gasteiger partial charge in [-0.2, -0.15) is 0 Å². The van der Waals surface area contributed by atoms with Gasteiger partial charge in [-0.3, -0.25) is 9.59 Å². The molecule has 3 heteroatoms. The van der Waals surface area contributed by atoms with E-state index in [2.05, 4.69) is 6.58 Å². The average Bonchev–Trinajstić information content (AvgIpc) is 2.52. The Morgan fingerprint density at radius 2 is 1.65 bits per heavy atom. The van der Waals surface area contributed by atoms with Crippen molar-refractivity contribution in [3.8, 4) is 0 Å². The van der Waals surface area contributed by atoms with E-state index in [1.807, 2.05) is 45.9 Å². The summed E-state index contributed by atoms with van der Waals surface area (Å²) in [6.45, 7) is 11.6. The highest BCUT2D eigenvalue weighted by atomic mass is 16.4. The van der Waals surface area contributed by atoms with Crippen LogP contribution in [0.5, 0.6) is 0 Å². The smallest absolute Gasteiger partial charge is 0.319 e. The van der Waals surface area contributed by atoms with Crippen LogP contribution in [0.4, 0.5) is 0 Å². The molecule has 1 atom stereocenters. The highest BCUT2D eigenvalue weighted by Crippen LogP contribution is 2.63. The lowest BCUT2D eigenvalue weighted by Crippen LogP contribution is -2.52. The number of fused-ring (bicyclic) bond motifs is 1. The lowest BCUT2D eigenvalue weighted by molar-refractivity contribution is -0.148. The number of aldehydes is 1. The highest BCUT2D eigenvalue weighted by Gasteiger charge is 2.66. The molecule has 0 saturated carbocycles. The Labute approximate surface area is 119 Å². The van der Waals surface area contributed by atoms with E-state index in [0.717, 1.165) is 5.56 Å². The molecule has 1 unspecified atom stereocenters. The molecular weight excluding hydrogens is 252 g/mol. The number of carbonyl (C=O) groups is 2. The molecule has 0 spiro atoms. The maximum absolute atomic E-state index is 12.2. The van der Waals surface area contributed by atoms with E-state index in [0.29, 0.717) is 11.8 Å². The maximum Gasteiger partial charge on any atom is 0.319 e. The zero-order valence-corrected chi connectivity index (χ0v) is 12.4. The first-order chi connectivity index (χ1) is 9.15. The Bertz CT molecular complexity index is 610. The van der Waals surface area contributed by atoms with Gasteiger partial charge in [-0.05, 0) is 22.0 Å². The largest absolute Gasteiger partial charge is 0.480 e. The van der Waals surface area contributed by atoms with Crippen LogP contribution < -0.4 is 0 Å². The number of hydrogen-bond acceptors (Lipinski definition) is 2. The van der Waals surface area contributed by atoms with Crippen molar-refractivity contribution >= 4 is 12.3 Å². The fourth-order valence-electron chi connectivity index (χ4n) is 3.68. The summed E-state index contributed by atoms with van der Waals surface area (Å²) in [6, 6.07) is 7.46. The molecule has 0 amide bonds. The summed E-state index contributed by atoms with van der Waals surface area (Å²) in [5, 5.41) is 9.96. The molecule has 20 heavy (non-hydrogen) atoms. The van der Waals surface area contributed by atoms with Crippen LogP contribution in [0, 0.1) is 5.41 Å². The SMILES string of the molecule is C=C(C=O)C1(C(=O)O)c2ccccc2C(C)(C)C1(C)C. The first kappa shape index (κ1) is 14.5. The fourth-order valence-corrected chi connectivity index (χ4v) is 3.68. The van der Waals surface area contributed by atoms with Crippen LogP contribution in [0.15, 0.2) is 36.4 Å². The molecule has 0 fully saturated rings. The molecule has 0 radical (unpaired) electrons. The van der Waals surface area contributed by atoms with Crippen LogP contribution in [0.2, 0.25) is 0 Å². The van der Waals surface area contributed by atoms with E-state index in [1.165, 1.54) is 0 Å². The monoisotopic (exact) mass is 272 g/mol. The molecule has 1 aromatic carbocycles. The van der Waals surface area contributed by atoms with Crippen LogP contribution >= 0.6 is 0 Å². The molecule has 0 aromatic heterocycles. The number of rotatable bonds is 3. The average molecular weight is 272 g/mol. The van der Waals surface area contributed by atoms with Crippen molar-refractivity contribution in [2.24, 2.45) is 5.41 Å². The van der Waals surface area contributed by atoms with Gasteiger partial charge in [-0.25, -0.2) is 0 Å². The van der Waals surface area contributed by atoms with Crippen LogP contribution in [-0.4, -0.2) is 17.4 Å². The molecule has 2 rings (SSSR count). The van der Waals surface area contributed by atoms with E-state index in [1.54, 1.807) is 6.07 Å². The third-order valence-electron chi connectivity index (χ3n) is 5.45. The quantitative estimate of drug-likeness (QED) is 0.679. The summed E-state index contributed by atoms with van der Waals surface area (Å²) >= 11 is 0. The van der Waals surface area contributed by atoms with Crippen molar-refractivity contribution in [2.45, 2.75) is 38.5 Å². The second-order valence-corrected chi connectivity index (χ2v) is 6.49. The molecular formula is C17H20O3. The molecule has 1 aliphatic carbocycles. The van der Waals surface area contributed by atoms with E-state index < -0.39 is 16.8 Å². The lowest BCUT2D eigenvalue weighted by atomic mass is 9.55. The summed E-state index contributed by atoms with van der Waals surface area (Å²) in [5.74, 6) is -1.02. The van der Waals surface area contributed by atoms with Crippen LogP contribution in [-0.2, 0) is 20.4 Å². The van der Waals surface area contributed by atoms with Crippen LogP contribution in [0.1, 0.15) is 38.8 Å². The summed E-state index contributed by atoms with van der Waals surface area (Å²) < 4.78 is 0. The van der Waals surface area contributed by atoms with Crippen molar-refractivity contribution in [1.29, 1.82) is 0 Å². The van der Waals surface area contributed by atoms with Crippen molar-refractivity contribution < 1.29 is 14.7 Å². The second kappa shape index (κ2) is 4.05. The minimum absolute atomic E-state index is 0.105. The minimum Gasteiger partial charge on any atom is -0.480 e. The van der Waals surface area contributed by atoms with E-state index in [4.69, 9.17) is 0 Å². The highest BCUT2D eigenvalue weighted by molar-refractivity contribution is 5.98. The van der Waals surface area contributed by atoms with Crippen molar-refractivity contribution in [1.82, 2.24) is 0 Å². The van der Waals surface area contributed by atoms with Gasteiger partial charge in [-0.1, -0.05) is 58.5 Å². The predicted molar refractivity (Wildman–Crippen MR) is 77.8 cm³/mol. The Morgan fingerprint density at radius 3 is 2.10 bits per heavy atom. The summed E-state index contributed by atoms with van der Waals surface area (Å²) in [6.07, 6.45) is 0.577. The molecule has 0 bridgehead atoms. The summed E-state index contributed by atoms with van der Waals surface area (Å²) in [4.78, 5) is 23.5. The number of carboxylic acids is 1. The number of hydrogen-bond donors (Lipinski definition) is 1. The zero-order valence-electron chi connectivity index (χ0n) is 12.4. The number of aliphatic carboxylic acids is 1. The predicted octanol–water partition coefficient (Wildman–Crippen LogP) is 3.08. The first-order valence-electron chi connectivity index (χ1n) is 6.63. The number of carboxylic acid groups (broad SMARTS) is 1. The molecule has 106 valence electrons. The number of carbonyl (C=O) groups excluding carboxylic acids is 1.